The average Bonchev–Trinajstić information content (AvgIpc) is 2.65. The van der Waals surface area contributed by atoms with E-state index < -0.39 is 6.04 Å². The summed E-state index contributed by atoms with van der Waals surface area (Å²) in [5.74, 6) is -0.747. The molecule has 0 radical (unpaired) electrons. The standard InChI is InChI=1S/C21H24ClFN2O2/c1-3-19(21(27)24-4-2)25(14-15-9-11-17(23)12-10-15)20(26)13-16-7-5-6-8-18(16)22/h5-12,19H,3-4,13-14H2,1-2H3,(H,24,27)/t19-/m0/s1. The van der Waals surface area contributed by atoms with Gasteiger partial charge in [-0.15, -0.1) is 0 Å². The van der Waals surface area contributed by atoms with Gasteiger partial charge in [-0.25, -0.2) is 4.39 Å². The minimum Gasteiger partial charge on any atom is -0.355 e. The van der Waals surface area contributed by atoms with Crippen LogP contribution in [0, 0.1) is 5.82 Å². The molecule has 144 valence electrons. The molecular formula is C21H24ClFN2O2. The molecule has 0 saturated heterocycles. The SMILES string of the molecule is CCNC(=O)[C@H](CC)N(Cc1ccc(F)cc1)C(=O)Cc1ccccc1Cl. The van der Waals surface area contributed by atoms with Gasteiger partial charge in [-0.05, 0) is 42.7 Å². The first-order valence-electron chi connectivity index (χ1n) is 9.01. The first-order chi connectivity index (χ1) is 13.0. The summed E-state index contributed by atoms with van der Waals surface area (Å²) in [5.41, 5.74) is 1.46. The Morgan fingerprint density at radius 1 is 1.11 bits per heavy atom. The lowest BCUT2D eigenvalue weighted by molar-refractivity contribution is -0.140. The maximum Gasteiger partial charge on any atom is 0.242 e. The van der Waals surface area contributed by atoms with Gasteiger partial charge in [0.05, 0.1) is 6.42 Å². The predicted molar refractivity (Wildman–Crippen MR) is 105 cm³/mol. The second kappa shape index (κ2) is 10.1. The van der Waals surface area contributed by atoms with Gasteiger partial charge >= 0.3 is 0 Å². The van der Waals surface area contributed by atoms with Crippen LogP contribution in [0.25, 0.3) is 0 Å². The second-order valence-electron chi connectivity index (χ2n) is 6.23. The summed E-state index contributed by atoms with van der Waals surface area (Å²) in [6.07, 6.45) is 0.568. The predicted octanol–water partition coefficient (Wildman–Crippen LogP) is 3.97. The lowest BCUT2D eigenvalue weighted by Gasteiger charge is -2.30. The maximum atomic E-state index is 13.2. The lowest BCUT2D eigenvalue weighted by Crippen LogP contribution is -2.49. The van der Waals surface area contributed by atoms with Gasteiger partial charge in [0, 0.05) is 18.1 Å². The average molecular weight is 391 g/mol. The smallest absolute Gasteiger partial charge is 0.242 e. The summed E-state index contributed by atoms with van der Waals surface area (Å²) in [6, 6.07) is 12.5. The number of amides is 2. The molecule has 0 aliphatic carbocycles. The van der Waals surface area contributed by atoms with E-state index in [2.05, 4.69) is 5.32 Å². The van der Waals surface area contributed by atoms with E-state index in [1.165, 1.54) is 12.1 Å². The van der Waals surface area contributed by atoms with Crippen molar-refractivity contribution in [2.24, 2.45) is 0 Å². The molecule has 0 aliphatic rings. The summed E-state index contributed by atoms with van der Waals surface area (Å²) < 4.78 is 13.2. The third-order valence-electron chi connectivity index (χ3n) is 4.30. The zero-order chi connectivity index (χ0) is 19.8. The molecule has 27 heavy (non-hydrogen) atoms. The minimum atomic E-state index is -0.606. The van der Waals surface area contributed by atoms with Crippen molar-refractivity contribution in [2.75, 3.05) is 6.54 Å². The van der Waals surface area contributed by atoms with Crippen LogP contribution < -0.4 is 5.32 Å². The van der Waals surface area contributed by atoms with Crippen LogP contribution in [0.2, 0.25) is 5.02 Å². The minimum absolute atomic E-state index is 0.0940. The van der Waals surface area contributed by atoms with E-state index in [-0.39, 0.29) is 30.6 Å². The number of likely N-dealkylation sites (N-methyl/N-ethyl adjacent to an activating group) is 1. The van der Waals surface area contributed by atoms with Gasteiger partial charge in [0.2, 0.25) is 11.8 Å². The maximum absolute atomic E-state index is 13.2. The number of rotatable bonds is 8. The Morgan fingerprint density at radius 2 is 1.78 bits per heavy atom. The Labute approximate surface area is 164 Å². The highest BCUT2D eigenvalue weighted by atomic mass is 35.5. The zero-order valence-corrected chi connectivity index (χ0v) is 16.3. The molecule has 2 aromatic rings. The topological polar surface area (TPSA) is 49.4 Å². The summed E-state index contributed by atoms with van der Waals surface area (Å²) >= 11 is 6.18. The van der Waals surface area contributed by atoms with E-state index in [1.807, 2.05) is 19.9 Å². The summed E-state index contributed by atoms with van der Waals surface area (Å²) in [4.78, 5) is 27.1. The van der Waals surface area contributed by atoms with Gasteiger partial charge in [-0.2, -0.15) is 0 Å². The molecule has 4 nitrogen and oxygen atoms in total. The Morgan fingerprint density at radius 3 is 2.37 bits per heavy atom. The van der Waals surface area contributed by atoms with E-state index in [1.54, 1.807) is 35.2 Å². The monoisotopic (exact) mass is 390 g/mol. The Hall–Kier alpha value is -2.40. The molecule has 0 unspecified atom stereocenters. The van der Waals surface area contributed by atoms with Crippen LogP contribution in [0.15, 0.2) is 48.5 Å². The van der Waals surface area contributed by atoms with Gasteiger partial charge in [-0.3, -0.25) is 9.59 Å². The fraction of sp³-hybridized carbons (Fsp3) is 0.333. The van der Waals surface area contributed by atoms with E-state index in [0.717, 1.165) is 5.56 Å². The first kappa shape index (κ1) is 20.9. The fourth-order valence-electron chi connectivity index (χ4n) is 2.90. The largest absolute Gasteiger partial charge is 0.355 e. The highest BCUT2D eigenvalue weighted by molar-refractivity contribution is 6.31. The van der Waals surface area contributed by atoms with E-state index in [4.69, 9.17) is 11.6 Å². The number of hydrogen-bond donors (Lipinski definition) is 1. The fourth-order valence-corrected chi connectivity index (χ4v) is 3.11. The normalized spacial score (nSPS) is 11.7. The Balaban J connectivity index is 2.29. The van der Waals surface area contributed by atoms with Gasteiger partial charge in [0.1, 0.15) is 11.9 Å². The van der Waals surface area contributed by atoms with Crippen molar-refractivity contribution in [3.63, 3.8) is 0 Å². The van der Waals surface area contributed by atoms with Gasteiger partial charge in [0.25, 0.3) is 0 Å². The molecule has 2 rings (SSSR count). The quantitative estimate of drug-likeness (QED) is 0.741. The van der Waals surface area contributed by atoms with Crippen LogP contribution in [0.3, 0.4) is 0 Å². The Bertz CT molecular complexity index is 780. The van der Waals surface area contributed by atoms with Crippen molar-refractivity contribution in [3.8, 4) is 0 Å². The molecule has 0 bridgehead atoms. The number of hydrogen-bond acceptors (Lipinski definition) is 2. The molecule has 0 fully saturated rings. The number of nitrogens with zero attached hydrogens (tertiary/aromatic N) is 1. The number of benzene rings is 2. The van der Waals surface area contributed by atoms with Crippen molar-refractivity contribution in [2.45, 2.75) is 39.3 Å². The van der Waals surface area contributed by atoms with Crippen LogP contribution >= 0.6 is 11.6 Å². The van der Waals surface area contributed by atoms with Crippen molar-refractivity contribution in [3.05, 3.63) is 70.5 Å². The number of halogens is 2. The highest BCUT2D eigenvalue weighted by Crippen LogP contribution is 2.19. The van der Waals surface area contributed by atoms with Crippen LogP contribution in [0.1, 0.15) is 31.4 Å². The number of carbonyl (C=O) groups excluding carboxylic acids is 2. The van der Waals surface area contributed by atoms with Crippen LogP contribution in [-0.4, -0.2) is 29.3 Å². The molecule has 0 aromatic heterocycles. The third-order valence-corrected chi connectivity index (χ3v) is 4.67. The molecule has 0 saturated carbocycles. The third kappa shape index (κ3) is 5.79. The summed E-state index contributed by atoms with van der Waals surface area (Å²) in [7, 11) is 0. The highest BCUT2D eigenvalue weighted by Gasteiger charge is 2.28. The Kier molecular flexibility index (Phi) is 7.80. The second-order valence-corrected chi connectivity index (χ2v) is 6.64. The van der Waals surface area contributed by atoms with Crippen molar-refractivity contribution in [1.82, 2.24) is 10.2 Å². The molecule has 2 aromatic carbocycles. The number of nitrogens with one attached hydrogen (secondary N) is 1. The summed E-state index contributed by atoms with van der Waals surface area (Å²) in [6.45, 7) is 4.40. The van der Waals surface area contributed by atoms with Crippen molar-refractivity contribution < 1.29 is 14.0 Å². The molecule has 0 heterocycles. The van der Waals surface area contributed by atoms with Crippen LogP contribution in [0.4, 0.5) is 4.39 Å². The van der Waals surface area contributed by atoms with Crippen LogP contribution in [0.5, 0.6) is 0 Å². The number of carbonyl (C=O) groups is 2. The van der Waals surface area contributed by atoms with E-state index >= 15 is 0 Å². The van der Waals surface area contributed by atoms with E-state index in [0.29, 0.717) is 23.6 Å². The van der Waals surface area contributed by atoms with Crippen molar-refractivity contribution >= 4 is 23.4 Å². The van der Waals surface area contributed by atoms with Crippen LogP contribution in [-0.2, 0) is 22.6 Å². The first-order valence-corrected chi connectivity index (χ1v) is 9.39. The van der Waals surface area contributed by atoms with Gasteiger partial charge in [0.15, 0.2) is 0 Å². The van der Waals surface area contributed by atoms with Crippen molar-refractivity contribution in [1.29, 1.82) is 0 Å². The van der Waals surface area contributed by atoms with E-state index in [9.17, 15) is 14.0 Å². The molecule has 0 aliphatic heterocycles. The molecule has 0 spiro atoms. The van der Waals surface area contributed by atoms with Gasteiger partial charge in [-0.1, -0.05) is 48.9 Å². The molecule has 2 amide bonds. The van der Waals surface area contributed by atoms with Gasteiger partial charge < -0.3 is 10.2 Å². The molecule has 1 N–H and O–H groups in total. The molecule has 1 atom stereocenters. The lowest BCUT2D eigenvalue weighted by atomic mass is 10.1. The molecular weight excluding hydrogens is 367 g/mol. The summed E-state index contributed by atoms with van der Waals surface area (Å²) in [5, 5.41) is 3.30. The zero-order valence-electron chi connectivity index (χ0n) is 15.5. The molecule has 6 heteroatoms.